The number of nitrogens with one attached hydrogen (secondary N) is 1. The van der Waals surface area contributed by atoms with E-state index in [1.807, 2.05) is 0 Å². The number of carbonyl (C=O) groups is 2. The number of methoxy groups -OCH3 is 1. The predicted molar refractivity (Wildman–Crippen MR) is 125 cm³/mol. The zero-order valence-corrected chi connectivity index (χ0v) is 20.4. The number of likely N-dealkylation sites (tertiary alicyclic amines) is 1. The number of aromatic nitrogens is 1. The molecule has 1 aromatic heterocycles. The van der Waals surface area contributed by atoms with E-state index >= 15 is 0 Å². The molecule has 2 heterocycles. The number of nitriles is 1. The maximum atomic E-state index is 12.9. The van der Waals surface area contributed by atoms with Crippen LogP contribution in [0.1, 0.15) is 56.3 Å². The second-order valence-corrected chi connectivity index (χ2v) is 9.82. The molecule has 1 aliphatic carbocycles. The summed E-state index contributed by atoms with van der Waals surface area (Å²) in [7, 11) is 1.57. The number of nitrogens with zero attached hydrogens (tertiary/aromatic N) is 3. The highest BCUT2D eigenvalue weighted by Crippen LogP contribution is 2.36. The van der Waals surface area contributed by atoms with Crippen molar-refractivity contribution in [1.82, 2.24) is 15.2 Å². The Balaban J connectivity index is 1.46. The summed E-state index contributed by atoms with van der Waals surface area (Å²) in [6, 6.07) is 6.63. The molecule has 1 aromatic carbocycles. The molecule has 0 bridgehead atoms. The molecule has 2 aliphatic rings. The Morgan fingerprint density at radius 1 is 1.31 bits per heavy atom. The van der Waals surface area contributed by atoms with Crippen LogP contribution in [0.4, 0.5) is 4.79 Å². The van der Waals surface area contributed by atoms with Crippen molar-refractivity contribution in [3.8, 4) is 23.1 Å². The molecule has 1 aliphatic heterocycles. The molecule has 186 valence electrons. The van der Waals surface area contributed by atoms with Crippen molar-refractivity contribution >= 4 is 12.0 Å². The fourth-order valence-electron chi connectivity index (χ4n) is 3.93. The molecule has 2 atom stereocenters. The second-order valence-electron chi connectivity index (χ2n) is 9.82. The third-order valence-corrected chi connectivity index (χ3v) is 5.63. The Morgan fingerprint density at radius 3 is 2.74 bits per heavy atom. The fourth-order valence-corrected chi connectivity index (χ4v) is 3.93. The highest BCUT2D eigenvalue weighted by Gasteiger charge is 2.38. The zero-order chi connectivity index (χ0) is 25.2. The van der Waals surface area contributed by atoms with Gasteiger partial charge in [0.15, 0.2) is 5.76 Å². The van der Waals surface area contributed by atoms with E-state index < -0.39 is 17.6 Å². The summed E-state index contributed by atoms with van der Waals surface area (Å²) in [6.07, 6.45) is 3.62. The Morgan fingerprint density at radius 2 is 2.09 bits per heavy atom. The van der Waals surface area contributed by atoms with Crippen molar-refractivity contribution in [1.29, 1.82) is 5.26 Å². The number of benzene rings is 1. The summed E-state index contributed by atoms with van der Waals surface area (Å²) >= 11 is 0. The van der Waals surface area contributed by atoms with Gasteiger partial charge in [-0.25, -0.2) is 9.78 Å². The van der Waals surface area contributed by atoms with Crippen LogP contribution in [-0.2, 0) is 9.47 Å². The summed E-state index contributed by atoms with van der Waals surface area (Å²) in [4.78, 5) is 31.3. The van der Waals surface area contributed by atoms with Gasteiger partial charge < -0.3 is 28.8 Å². The summed E-state index contributed by atoms with van der Waals surface area (Å²) in [6.45, 7) is 6.02. The van der Waals surface area contributed by atoms with Crippen molar-refractivity contribution in [2.75, 3.05) is 20.3 Å². The van der Waals surface area contributed by atoms with E-state index in [0.29, 0.717) is 35.7 Å². The molecule has 1 saturated heterocycles. The number of carbonyl (C=O) groups excluding carboxylic acids is 2. The SMILES string of the molecule is COC[C@H]1C[C@@H](NC(=O)c2ncc(-c3cc(C#N)ccc3OC3CC3)o2)CN1C(=O)OC(C)(C)C. The van der Waals surface area contributed by atoms with Gasteiger partial charge in [0.1, 0.15) is 11.4 Å². The van der Waals surface area contributed by atoms with E-state index in [2.05, 4.69) is 16.4 Å². The normalized spacial score (nSPS) is 19.8. The lowest BCUT2D eigenvalue weighted by Gasteiger charge is -2.28. The first kappa shape index (κ1) is 24.5. The minimum Gasteiger partial charge on any atom is -0.490 e. The van der Waals surface area contributed by atoms with E-state index in [9.17, 15) is 14.9 Å². The van der Waals surface area contributed by atoms with Gasteiger partial charge in [-0.1, -0.05) is 0 Å². The predicted octanol–water partition coefficient (Wildman–Crippen LogP) is 3.51. The van der Waals surface area contributed by atoms with E-state index in [-0.39, 0.29) is 30.6 Å². The third-order valence-electron chi connectivity index (χ3n) is 5.63. The van der Waals surface area contributed by atoms with Gasteiger partial charge in [-0.15, -0.1) is 0 Å². The van der Waals surface area contributed by atoms with Crippen molar-refractivity contribution in [2.24, 2.45) is 0 Å². The third kappa shape index (κ3) is 6.11. The number of hydrogen-bond acceptors (Lipinski definition) is 8. The lowest BCUT2D eigenvalue weighted by Crippen LogP contribution is -2.43. The maximum absolute atomic E-state index is 12.9. The van der Waals surface area contributed by atoms with E-state index in [4.69, 9.17) is 18.6 Å². The van der Waals surface area contributed by atoms with Crippen LogP contribution >= 0.6 is 0 Å². The van der Waals surface area contributed by atoms with Gasteiger partial charge in [-0.3, -0.25) is 4.79 Å². The van der Waals surface area contributed by atoms with E-state index in [1.165, 1.54) is 6.20 Å². The lowest BCUT2D eigenvalue weighted by molar-refractivity contribution is 0.0146. The van der Waals surface area contributed by atoms with Crippen LogP contribution in [0.25, 0.3) is 11.3 Å². The summed E-state index contributed by atoms with van der Waals surface area (Å²) in [5.74, 6) is 0.311. The van der Waals surface area contributed by atoms with Crippen LogP contribution < -0.4 is 10.1 Å². The number of oxazole rings is 1. The number of hydrogen-bond donors (Lipinski definition) is 1. The van der Waals surface area contributed by atoms with E-state index in [1.54, 1.807) is 51.0 Å². The quantitative estimate of drug-likeness (QED) is 0.635. The zero-order valence-electron chi connectivity index (χ0n) is 20.4. The van der Waals surface area contributed by atoms with Crippen LogP contribution in [0, 0.1) is 11.3 Å². The molecule has 1 saturated carbocycles. The van der Waals surface area contributed by atoms with Gasteiger partial charge in [-0.05, 0) is 58.2 Å². The van der Waals surface area contributed by atoms with Crippen LogP contribution in [0.2, 0.25) is 0 Å². The van der Waals surface area contributed by atoms with Crippen LogP contribution in [0.15, 0.2) is 28.8 Å². The molecular weight excluding hydrogens is 452 g/mol. The Hall–Kier alpha value is -3.58. The average Bonchev–Trinajstić information content (AvgIpc) is 3.31. The topological polar surface area (TPSA) is 127 Å². The fraction of sp³-hybridized carbons (Fsp3) is 0.520. The molecule has 10 heteroatoms. The van der Waals surface area contributed by atoms with E-state index in [0.717, 1.165) is 12.8 Å². The molecule has 35 heavy (non-hydrogen) atoms. The molecule has 2 aromatic rings. The Kier molecular flexibility index (Phi) is 6.98. The van der Waals surface area contributed by atoms with Gasteiger partial charge in [0.2, 0.25) is 0 Å². The van der Waals surface area contributed by atoms with Crippen molar-refractivity contribution in [2.45, 2.75) is 63.8 Å². The molecule has 0 unspecified atom stereocenters. The minimum absolute atomic E-state index is 0.112. The molecule has 2 fully saturated rings. The number of rotatable bonds is 7. The molecule has 0 spiro atoms. The lowest BCUT2D eigenvalue weighted by atomic mass is 10.1. The van der Waals surface area contributed by atoms with Crippen molar-refractivity contribution in [3.63, 3.8) is 0 Å². The highest BCUT2D eigenvalue weighted by atomic mass is 16.6. The van der Waals surface area contributed by atoms with Crippen molar-refractivity contribution < 1.29 is 28.2 Å². The maximum Gasteiger partial charge on any atom is 0.410 e. The van der Waals surface area contributed by atoms with Gasteiger partial charge in [0.25, 0.3) is 5.89 Å². The standard InChI is InChI=1S/C25H30N4O6/c1-25(2,3)35-24(31)29-13-16(10-17(29)14-32-4)28-22(30)23-27-12-21(34-23)19-9-15(11-26)5-8-20(19)33-18-6-7-18/h5,8-9,12,16-18H,6-7,10,13-14H2,1-4H3,(H,28,30)/t16-,17-/m1/s1. The summed E-state index contributed by atoms with van der Waals surface area (Å²) < 4.78 is 22.5. The molecule has 10 nitrogen and oxygen atoms in total. The first-order valence-corrected chi connectivity index (χ1v) is 11.6. The molecule has 2 amide bonds. The van der Waals surface area contributed by atoms with Gasteiger partial charge in [0, 0.05) is 19.7 Å². The number of amides is 2. The smallest absolute Gasteiger partial charge is 0.410 e. The largest absolute Gasteiger partial charge is 0.490 e. The molecule has 1 N–H and O–H groups in total. The Labute approximate surface area is 204 Å². The van der Waals surface area contributed by atoms with Crippen LogP contribution in [0.3, 0.4) is 0 Å². The van der Waals surface area contributed by atoms with Crippen LogP contribution in [-0.4, -0.2) is 65.9 Å². The van der Waals surface area contributed by atoms with Gasteiger partial charge in [-0.2, -0.15) is 5.26 Å². The highest BCUT2D eigenvalue weighted by molar-refractivity contribution is 5.90. The second kappa shape index (κ2) is 9.96. The number of ether oxygens (including phenoxy) is 3. The molecule has 0 radical (unpaired) electrons. The van der Waals surface area contributed by atoms with Crippen LogP contribution in [0.5, 0.6) is 5.75 Å². The molecule has 4 rings (SSSR count). The summed E-state index contributed by atoms with van der Waals surface area (Å²) in [5.41, 5.74) is 0.387. The first-order valence-electron chi connectivity index (χ1n) is 11.6. The summed E-state index contributed by atoms with van der Waals surface area (Å²) in [5, 5.41) is 12.2. The Bertz CT molecular complexity index is 1130. The van der Waals surface area contributed by atoms with Gasteiger partial charge in [0.05, 0.1) is 42.1 Å². The average molecular weight is 483 g/mol. The molecular formula is C25H30N4O6. The van der Waals surface area contributed by atoms with Crippen molar-refractivity contribution in [3.05, 3.63) is 35.9 Å². The van der Waals surface area contributed by atoms with Gasteiger partial charge >= 0.3 is 12.0 Å². The first-order chi connectivity index (χ1) is 16.7. The monoisotopic (exact) mass is 482 g/mol. The minimum atomic E-state index is -0.630.